The van der Waals surface area contributed by atoms with Crippen LogP contribution >= 0.6 is 11.6 Å². The molecule has 7 rings (SSSR count). The van der Waals surface area contributed by atoms with E-state index in [0.29, 0.717) is 70.7 Å². The van der Waals surface area contributed by atoms with Crippen LogP contribution in [0, 0.1) is 5.92 Å². The number of nitrogens with one attached hydrogen (secondary N) is 1. The van der Waals surface area contributed by atoms with Crippen molar-refractivity contribution >= 4 is 40.1 Å². The van der Waals surface area contributed by atoms with Gasteiger partial charge in [-0.05, 0) is 61.4 Å². The number of alkyl halides is 2. The molecule has 0 radical (unpaired) electrons. The lowest BCUT2D eigenvalue weighted by Gasteiger charge is -2.33. The van der Waals surface area contributed by atoms with Crippen molar-refractivity contribution in [3.05, 3.63) is 64.7 Å². The number of primary amides is 1. The van der Waals surface area contributed by atoms with Gasteiger partial charge in [0.15, 0.2) is 11.4 Å². The van der Waals surface area contributed by atoms with Crippen LogP contribution in [-0.2, 0) is 29.0 Å². The number of nitrogens with two attached hydrogens (primary N) is 1. The molecule has 234 valence electrons. The lowest BCUT2D eigenvalue weighted by molar-refractivity contribution is -0.193. The molecule has 1 atom stereocenters. The standard InChI is InChI=1S/C31H30ClF2N7O4/c32-19-4-5-20(37-13-19)15-40-24-6-3-18(12-25(24)45-31(33,34)30(40)43)26-22-14-38-41(9-7-21-16-44-10-8-36-21)29(22)39-23(11-17-1-2-17)27(26)28(35)42/h3-6,12-14,17,21,36H,1-2,7-11,15-16H2,(H2,35,42)/t21-/m0/s1. The minimum absolute atomic E-state index is 0.133. The van der Waals surface area contributed by atoms with Crippen LogP contribution in [-0.4, -0.2) is 63.5 Å². The Morgan fingerprint density at radius 1 is 1.20 bits per heavy atom. The highest BCUT2D eigenvalue weighted by molar-refractivity contribution is 6.30. The third-order valence-corrected chi connectivity index (χ3v) is 8.58. The third kappa shape index (κ3) is 5.83. The monoisotopic (exact) mass is 637 g/mol. The summed E-state index contributed by atoms with van der Waals surface area (Å²) in [5, 5.41) is 8.96. The number of aromatic nitrogens is 4. The second-order valence-corrected chi connectivity index (χ2v) is 12.0. The van der Waals surface area contributed by atoms with Crippen LogP contribution in [0.5, 0.6) is 5.75 Å². The number of carbonyl (C=O) groups excluding carboxylic acids is 2. The number of hydrogen-bond donors (Lipinski definition) is 2. The average molecular weight is 638 g/mol. The maximum absolute atomic E-state index is 15.0. The molecule has 0 bridgehead atoms. The molecule has 3 aromatic heterocycles. The second-order valence-electron chi connectivity index (χ2n) is 11.6. The van der Waals surface area contributed by atoms with E-state index in [1.165, 1.54) is 18.3 Å². The fourth-order valence-electron chi connectivity index (χ4n) is 5.93. The van der Waals surface area contributed by atoms with Gasteiger partial charge in [-0.2, -0.15) is 13.9 Å². The molecule has 14 heteroatoms. The fourth-order valence-corrected chi connectivity index (χ4v) is 6.04. The van der Waals surface area contributed by atoms with Crippen LogP contribution < -0.4 is 20.7 Å². The Bertz CT molecular complexity index is 1790. The molecular weight excluding hydrogens is 608 g/mol. The number of rotatable bonds is 9. The number of ether oxygens (including phenoxy) is 2. The van der Waals surface area contributed by atoms with Crippen molar-refractivity contribution in [2.45, 2.75) is 50.9 Å². The lowest BCUT2D eigenvalue weighted by Crippen LogP contribution is -2.50. The summed E-state index contributed by atoms with van der Waals surface area (Å²) >= 11 is 5.92. The van der Waals surface area contributed by atoms with Gasteiger partial charge in [-0.25, -0.2) is 9.67 Å². The number of carbonyl (C=O) groups is 2. The highest BCUT2D eigenvalue weighted by Crippen LogP contribution is 2.44. The van der Waals surface area contributed by atoms with E-state index < -0.39 is 17.9 Å². The summed E-state index contributed by atoms with van der Waals surface area (Å²) in [7, 11) is 0. The summed E-state index contributed by atoms with van der Waals surface area (Å²) in [5.41, 5.74) is 8.64. The highest BCUT2D eigenvalue weighted by Gasteiger charge is 2.50. The number of pyridine rings is 2. The zero-order valence-corrected chi connectivity index (χ0v) is 24.9. The highest BCUT2D eigenvalue weighted by atomic mass is 35.5. The van der Waals surface area contributed by atoms with Crippen LogP contribution in [0.2, 0.25) is 5.02 Å². The maximum atomic E-state index is 15.0. The molecule has 2 fully saturated rings. The van der Waals surface area contributed by atoms with Gasteiger partial charge in [-0.1, -0.05) is 17.7 Å². The number of aryl methyl sites for hydroxylation is 1. The van der Waals surface area contributed by atoms with E-state index >= 15 is 0 Å². The van der Waals surface area contributed by atoms with Crippen molar-refractivity contribution in [3.63, 3.8) is 0 Å². The molecule has 3 N–H and O–H groups in total. The first-order valence-corrected chi connectivity index (χ1v) is 15.2. The van der Waals surface area contributed by atoms with Crippen molar-refractivity contribution in [2.24, 2.45) is 11.7 Å². The van der Waals surface area contributed by atoms with Gasteiger partial charge >= 0.3 is 12.0 Å². The first-order chi connectivity index (χ1) is 21.7. The Morgan fingerprint density at radius 3 is 2.76 bits per heavy atom. The topological polar surface area (TPSA) is 137 Å². The first kappa shape index (κ1) is 29.5. The number of halogens is 3. The molecule has 1 saturated carbocycles. The SMILES string of the molecule is NC(=O)c1c(CC2CC2)nc2c(cnn2CC[C@H]2COCCN2)c1-c1ccc2c(c1)OC(F)(F)C(=O)N2Cc1ccc(Cl)cn1. The van der Waals surface area contributed by atoms with Crippen LogP contribution in [0.1, 0.15) is 41.0 Å². The zero-order valence-electron chi connectivity index (χ0n) is 24.1. The maximum Gasteiger partial charge on any atom is 0.482 e. The number of fused-ring (bicyclic) bond motifs is 2. The van der Waals surface area contributed by atoms with Crippen LogP contribution in [0.4, 0.5) is 14.5 Å². The molecule has 1 aromatic carbocycles. The van der Waals surface area contributed by atoms with Gasteiger partial charge in [0, 0.05) is 36.3 Å². The molecule has 3 aliphatic rings. The fraction of sp³-hybridized carbons (Fsp3) is 0.387. The van der Waals surface area contributed by atoms with E-state index in [9.17, 15) is 18.4 Å². The smallest absolute Gasteiger partial charge is 0.423 e. The van der Waals surface area contributed by atoms with Crippen molar-refractivity contribution < 1.29 is 27.8 Å². The van der Waals surface area contributed by atoms with Crippen LogP contribution in [0.25, 0.3) is 22.2 Å². The number of anilines is 1. The van der Waals surface area contributed by atoms with Gasteiger partial charge in [-0.3, -0.25) is 19.5 Å². The molecule has 5 heterocycles. The normalized spacial score (nSPS) is 19.4. The van der Waals surface area contributed by atoms with E-state index in [-0.39, 0.29) is 29.6 Å². The van der Waals surface area contributed by atoms with E-state index in [0.717, 1.165) is 30.7 Å². The lowest BCUT2D eigenvalue weighted by atomic mass is 9.93. The Morgan fingerprint density at radius 2 is 2.04 bits per heavy atom. The molecule has 0 unspecified atom stereocenters. The van der Waals surface area contributed by atoms with Gasteiger partial charge in [0.05, 0.1) is 53.6 Å². The predicted molar refractivity (Wildman–Crippen MR) is 161 cm³/mol. The van der Waals surface area contributed by atoms with Crippen molar-refractivity contribution in [2.75, 3.05) is 24.7 Å². The number of nitrogens with zero attached hydrogens (tertiary/aromatic N) is 5. The summed E-state index contributed by atoms with van der Waals surface area (Å²) in [5.74, 6) is -2.05. The van der Waals surface area contributed by atoms with Gasteiger partial charge in [-0.15, -0.1) is 0 Å². The number of hydrogen-bond acceptors (Lipinski definition) is 8. The van der Waals surface area contributed by atoms with Gasteiger partial charge < -0.3 is 20.5 Å². The quantitative estimate of drug-likeness (QED) is 0.280. The number of benzene rings is 1. The Hall–Kier alpha value is -4.20. The van der Waals surface area contributed by atoms with Gasteiger partial charge in [0.25, 0.3) is 5.91 Å². The molecule has 4 aromatic rings. The van der Waals surface area contributed by atoms with Crippen molar-refractivity contribution in [1.29, 1.82) is 0 Å². The molecule has 2 aliphatic heterocycles. The summed E-state index contributed by atoms with van der Waals surface area (Å²) in [6.45, 7) is 2.37. The molecule has 2 amide bonds. The molecule has 1 aliphatic carbocycles. The summed E-state index contributed by atoms with van der Waals surface area (Å²) < 4.78 is 42.3. The predicted octanol–water partition coefficient (Wildman–Crippen LogP) is 4.10. The van der Waals surface area contributed by atoms with Gasteiger partial charge in [0.2, 0.25) is 0 Å². The molecule has 0 spiro atoms. The third-order valence-electron chi connectivity index (χ3n) is 8.35. The molecule has 1 saturated heterocycles. The first-order valence-electron chi connectivity index (χ1n) is 14.8. The summed E-state index contributed by atoms with van der Waals surface area (Å²) in [6, 6.07) is 7.87. The zero-order chi connectivity index (χ0) is 31.3. The Labute approximate surface area is 261 Å². The van der Waals surface area contributed by atoms with Crippen LogP contribution in [0.3, 0.4) is 0 Å². The number of amides is 2. The number of morpholine rings is 1. The minimum Gasteiger partial charge on any atom is -0.423 e. The van der Waals surface area contributed by atoms with E-state index in [2.05, 4.69) is 15.4 Å². The largest absolute Gasteiger partial charge is 0.482 e. The minimum atomic E-state index is -4.13. The van der Waals surface area contributed by atoms with E-state index in [1.54, 1.807) is 29.1 Å². The summed E-state index contributed by atoms with van der Waals surface area (Å²) in [6.07, 6.45) is 2.21. The van der Waals surface area contributed by atoms with Gasteiger partial charge in [0.1, 0.15) is 0 Å². The van der Waals surface area contributed by atoms with Crippen molar-refractivity contribution in [3.8, 4) is 16.9 Å². The molecule has 11 nitrogen and oxygen atoms in total. The average Bonchev–Trinajstić information content (AvgIpc) is 3.75. The molecule has 45 heavy (non-hydrogen) atoms. The second kappa shape index (κ2) is 11.6. The van der Waals surface area contributed by atoms with E-state index in [4.69, 9.17) is 31.8 Å². The Kier molecular flexibility index (Phi) is 7.62. The molecular formula is C31H30ClF2N7O4. The summed E-state index contributed by atoms with van der Waals surface area (Å²) in [4.78, 5) is 35.8. The van der Waals surface area contributed by atoms with Crippen molar-refractivity contribution in [1.82, 2.24) is 25.1 Å². The van der Waals surface area contributed by atoms with E-state index in [1.807, 2.05) is 0 Å². The Balaban J connectivity index is 1.32. The van der Waals surface area contributed by atoms with Crippen LogP contribution in [0.15, 0.2) is 42.7 Å².